The molecule has 3 heteroatoms. The van der Waals surface area contributed by atoms with Crippen LogP contribution < -0.4 is 0 Å². The molecule has 0 bridgehead atoms. The Morgan fingerprint density at radius 2 is 2.20 bits per heavy atom. The lowest BCUT2D eigenvalue weighted by Crippen LogP contribution is -1.81. The molecule has 0 aliphatic carbocycles. The molecule has 0 aliphatic rings. The molecule has 0 aromatic rings. The molecule has 0 unspecified atom stereocenters. The zero-order valence-electron chi connectivity index (χ0n) is 2.44. The lowest BCUT2D eigenvalue weighted by Gasteiger charge is -1.68. The van der Waals surface area contributed by atoms with Gasteiger partial charge in [0.15, 0.2) is 0 Å². The van der Waals surface area contributed by atoms with E-state index < -0.39 is 0 Å². The lowest BCUT2D eigenvalue weighted by molar-refractivity contribution is -0.108. The van der Waals surface area contributed by atoms with Crippen molar-refractivity contribution in [2.75, 3.05) is 5.88 Å². The molecule has 0 aromatic heterocycles. The van der Waals surface area contributed by atoms with E-state index >= 15 is 0 Å². The fourth-order valence-corrected chi connectivity index (χ4v) is 0. The molecule has 5 heavy (non-hydrogen) atoms. The first-order chi connectivity index (χ1) is 2.27. The predicted octanol–water partition coefficient (Wildman–Crippen LogP) is 0.682. The average molecular weight is 111 g/mol. The van der Waals surface area contributed by atoms with Crippen LogP contribution in [0.4, 0.5) is 0 Å². The van der Waals surface area contributed by atoms with E-state index in [0.717, 1.165) is 0 Å². The zero-order valence-corrected chi connectivity index (χ0v) is 4.09. The van der Waals surface area contributed by atoms with Gasteiger partial charge in [-0.1, -0.05) is 0 Å². The molecule has 0 amide bonds. The number of halogens is 1. The first kappa shape index (κ1) is 5.31. The SMILES string of the molecule is O=C(S)CCl. The van der Waals surface area contributed by atoms with Crippen LogP contribution in [0.3, 0.4) is 0 Å². The summed E-state index contributed by atoms with van der Waals surface area (Å²) in [7, 11) is 0. The third-order valence-corrected chi connectivity index (χ3v) is 0.702. The van der Waals surface area contributed by atoms with E-state index in [4.69, 9.17) is 11.6 Å². The van der Waals surface area contributed by atoms with Crippen molar-refractivity contribution < 1.29 is 4.79 Å². The van der Waals surface area contributed by atoms with Crippen LogP contribution in [0, 0.1) is 0 Å². The van der Waals surface area contributed by atoms with E-state index in [-0.39, 0.29) is 11.0 Å². The van der Waals surface area contributed by atoms with Crippen LogP contribution in [-0.2, 0) is 4.79 Å². The molecule has 0 N–H and O–H groups in total. The Morgan fingerprint density at radius 3 is 2.20 bits per heavy atom. The van der Waals surface area contributed by atoms with Crippen LogP contribution >= 0.6 is 24.2 Å². The summed E-state index contributed by atoms with van der Waals surface area (Å²) in [5.74, 6) is 0.00309. The molecule has 0 spiro atoms. The predicted molar refractivity (Wildman–Crippen MR) is 24.7 cm³/mol. The minimum atomic E-state index is -0.285. The van der Waals surface area contributed by atoms with Gasteiger partial charge >= 0.3 is 0 Å². The molecule has 0 rings (SSSR count). The van der Waals surface area contributed by atoms with E-state index in [0.29, 0.717) is 0 Å². The van der Waals surface area contributed by atoms with E-state index in [1.165, 1.54) is 0 Å². The van der Waals surface area contributed by atoms with Crippen LogP contribution in [0.1, 0.15) is 0 Å². The number of alkyl halides is 1. The van der Waals surface area contributed by atoms with Crippen LogP contribution in [0.2, 0.25) is 0 Å². The van der Waals surface area contributed by atoms with Gasteiger partial charge in [0.05, 0.1) is 5.88 Å². The maximum absolute atomic E-state index is 9.54. The van der Waals surface area contributed by atoms with Gasteiger partial charge in [0.2, 0.25) is 5.12 Å². The molecule has 0 aromatic carbocycles. The van der Waals surface area contributed by atoms with Gasteiger partial charge in [0, 0.05) is 0 Å². The monoisotopic (exact) mass is 110 g/mol. The summed E-state index contributed by atoms with van der Waals surface area (Å²) in [5.41, 5.74) is 0. The molecule has 0 radical (unpaired) electrons. The number of carbonyl (C=O) groups excluding carboxylic acids is 1. The summed E-state index contributed by atoms with van der Waals surface area (Å²) in [6, 6.07) is 0. The van der Waals surface area contributed by atoms with Gasteiger partial charge in [-0.05, 0) is 0 Å². The molecule has 0 atom stereocenters. The Bertz CT molecular complexity index is 44.9. The number of thiol groups is 1. The quantitative estimate of drug-likeness (QED) is 0.388. The standard InChI is InChI=1S/C2H3ClOS/c3-1-2(4)5/h1H2,(H,4,5). The second kappa shape index (κ2) is 2.54. The maximum atomic E-state index is 9.54. The lowest BCUT2D eigenvalue weighted by atomic mass is 10.9. The summed E-state index contributed by atoms with van der Waals surface area (Å²) < 4.78 is 0. The van der Waals surface area contributed by atoms with Crippen molar-refractivity contribution in [1.29, 1.82) is 0 Å². The second-order valence-electron chi connectivity index (χ2n) is 0.527. The smallest absolute Gasteiger partial charge is 0.200 e. The molecule has 30 valence electrons. The van der Waals surface area contributed by atoms with Crippen molar-refractivity contribution in [3.8, 4) is 0 Å². The molecule has 0 heterocycles. The summed E-state index contributed by atoms with van der Waals surface area (Å²) in [4.78, 5) is 9.54. The minimum Gasteiger partial charge on any atom is -0.286 e. The molecule has 1 nitrogen and oxygen atoms in total. The third-order valence-electron chi connectivity index (χ3n) is 0.114. The van der Waals surface area contributed by atoms with Gasteiger partial charge in [-0.3, -0.25) is 4.79 Å². The average Bonchev–Trinajstić information content (AvgIpc) is 1.38. The second-order valence-corrected chi connectivity index (χ2v) is 1.29. The Kier molecular flexibility index (Phi) is 2.70. The van der Waals surface area contributed by atoms with Gasteiger partial charge in [0.1, 0.15) is 0 Å². The topological polar surface area (TPSA) is 17.1 Å². The van der Waals surface area contributed by atoms with E-state index in [1.807, 2.05) is 0 Å². The van der Waals surface area contributed by atoms with Crippen molar-refractivity contribution in [3.63, 3.8) is 0 Å². The third kappa shape index (κ3) is 4.31. The first-order valence-corrected chi connectivity index (χ1v) is 2.03. The molecule has 0 fully saturated rings. The molecule has 0 aliphatic heterocycles. The summed E-state index contributed by atoms with van der Waals surface area (Å²) in [6.45, 7) is 0. The molecule has 0 saturated carbocycles. The van der Waals surface area contributed by atoms with Gasteiger partial charge in [-0.25, -0.2) is 0 Å². The number of hydrogen-bond acceptors (Lipinski definition) is 1. The molecular formula is C2H3ClOS. The van der Waals surface area contributed by atoms with Gasteiger partial charge in [-0.2, -0.15) is 0 Å². The highest BCUT2D eigenvalue weighted by Gasteiger charge is 1.80. The van der Waals surface area contributed by atoms with Crippen LogP contribution in [0.15, 0.2) is 0 Å². The van der Waals surface area contributed by atoms with Crippen LogP contribution in [0.25, 0.3) is 0 Å². The Morgan fingerprint density at radius 1 is 2.00 bits per heavy atom. The van der Waals surface area contributed by atoms with Gasteiger partial charge < -0.3 is 0 Å². The first-order valence-electron chi connectivity index (χ1n) is 1.05. The number of hydrogen-bond donors (Lipinski definition) is 1. The highest BCUT2D eigenvalue weighted by molar-refractivity contribution is 7.96. The Labute approximate surface area is 40.7 Å². The zero-order chi connectivity index (χ0) is 4.28. The Balaban J connectivity index is 2.85. The summed E-state index contributed by atoms with van der Waals surface area (Å²) in [6.07, 6.45) is 0. The van der Waals surface area contributed by atoms with Crippen molar-refractivity contribution in [2.24, 2.45) is 0 Å². The number of rotatable bonds is 1. The Hall–Kier alpha value is 0.310. The van der Waals surface area contributed by atoms with Crippen LogP contribution in [-0.4, -0.2) is 11.0 Å². The van der Waals surface area contributed by atoms with Crippen molar-refractivity contribution in [1.82, 2.24) is 0 Å². The van der Waals surface area contributed by atoms with Crippen molar-refractivity contribution >= 4 is 29.3 Å². The maximum Gasteiger partial charge on any atom is 0.200 e. The highest BCUT2D eigenvalue weighted by Crippen LogP contribution is 1.79. The summed E-state index contributed by atoms with van der Waals surface area (Å²) >= 11 is 8.24. The van der Waals surface area contributed by atoms with Crippen molar-refractivity contribution in [3.05, 3.63) is 0 Å². The van der Waals surface area contributed by atoms with E-state index in [9.17, 15) is 4.79 Å². The number of carbonyl (C=O) groups is 1. The van der Waals surface area contributed by atoms with Crippen molar-refractivity contribution in [2.45, 2.75) is 0 Å². The largest absolute Gasteiger partial charge is 0.286 e. The minimum absolute atomic E-state index is 0.00309. The van der Waals surface area contributed by atoms with Crippen LogP contribution in [0.5, 0.6) is 0 Å². The van der Waals surface area contributed by atoms with E-state index in [2.05, 4.69) is 12.6 Å². The molecular weight excluding hydrogens is 108 g/mol. The highest BCUT2D eigenvalue weighted by atomic mass is 35.5. The van der Waals surface area contributed by atoms with Gasteiger partial charge in [-0.15, -0.1) is 24.2 Å². The van der Waals surface area contributed by atoms with Gasteiger partial charge in [0.25, 0.3) is 0 Å². The molecule has 0 saturated heterocycles. The fourth-order valence-electron chi connectivity index (χ4n) is 0. The normalized spacial score (nSPS) is 7.60. The van der Waals surface area contributed by atoms with E-state index in [1.54, 1.807) is 0 Å². The summed E-state index contributed by atoms with van der Waals surface area (Å²) in [5, 5.41) is -0.285. The fraction of sp³-hybridized carbons (Fsp3) is 0.500.